The summed E-state index contributed by atoms with van der Waals surface area (Å²) in [6.07, 6.45) is 3.20. The summed E-state index contributed by atoms with van der Waals surface area (Å²) in [7, 11) is 4.75. The Morgan fingerprint density at radius 3 is 2.55 bits per heavy atom. The van der Waals surface area contributed by atoms with E-state index in [9.17, 15) is 4.79 Å². The number of ether oxygens (including phenoxy) is 3. The molecule has 1 amide bonds. The van der Waals surface area contributed by atoms with Crippen LogP contribution in [0, 0.1) is 0 Å². The minimum absolute atomic E-state index is 0.0254. The molecule has 0 aliphatic heterocycles. The normalized spacial score (nSPS) is 12.2. The molecule has 1 aromatic carbocycles. The highest BCUT2D eigenvalue weighted by Gasteiger charge is 2.05. The molecule has 0 saturated carbocycles. The van der Waals surface area contributed by atoms with Crippen molar-refractivity contribution in [3.8, 4) is 11.5 Å². The quantitative estimate of drug-likeness (QED) is 0.774. The summed E-state index contributed by atoms with van der Waals surface area (Å²) in [4.78, 5) is 11.7. The van der Waals surface area contributed by atoms with Crippen LogP contribution >= 0.6 is 0 Å². The van der Waals surface area contributed by atoms with Crippen LogP contribution < -0.4 is 14.8 Å². The smallest absolute Gasteiger partial charge is 0.244 e. The maximum absolute atomic E-state index is 11.7. The van der Waals surface area contributed by atoms with Crippen molar-refractivity contribution < 1.29 is 19.0 Å². The van der Waals surface area contributed by atoms with E-state index in [0.717, 1.165) is 5.56 Å². The minimum Gasteiger partial charge on any atom is -0.493 e. The molecule has 0 bridgehead atoms. The summed E-state index contributed by atoms with van der Waals surface area (Å²) >= 11 is 0. The zero-order valence-corrected chi connectivity index (χ0v) is 12.3. The highest BCUT2D eigenvalue weighted by atomic mass is 16.5. The molecule has 0 aliphatic carbocycles. The average molecular weight is 279 g/mol. The van der Waals surface area contributed by atoms with Crippen LogP contribution in [0.2, 0.25) is 0 Å². The van der Waals surface area contributed by atoms with Crippen LogP contribution in [-0.4, -0.2) is 39.9 Å². The number of methoxy groups -OCH3 is 3. The van der Waals surface area contributed by atoms with E-state index < -0.39 is 0 Å². The Bertz CT molecular complexity index is 471. The maximum Gasteiger partial charge on any atom is 0.244 e. The average Bonchev–Trinajstić information content (AvgIpc) is 2.44. The Balaban J connectivity index is 2.68. The Morgan fingerprint density at radius 1 is 1.25 bits per heavy atom. The molecule has 0 radical (unpaired) electrons. The van der Waals surface area contributed by atoms with Crippen molar-refractivity contribution in [3.05, 3.63) is 29.8 Å². The lowest BCUT2D eigenvalue weighted by atomic mass is 10.2. The zero-order chi connectivity index (χ0) is 15.0. The first-order valence-electron chi connectivity index (χ1n) is 6.30. The van der Waals surface area contributed by atoms with Crippen LogP contribution in [0.25, 0.3) is 6.08 Å². The molecule has 5 nitrogen and oxygen atoms in total. The standard InChI is InChI=1S/C15H21NO4/c1-11(10-18-2)16-15(17)8-6-12-5-7-13(19-3)14(9-12)20-4/h5-9,11H,10H2,1-4H3,(H,16,17)/b8-6+/t11-/m0/s1. The highest BCUT2D eigenvalue weighted by Crippen LogP contribution is 2.27. The molecule has 1 atom stereocenters. The fraction of sp³-hybridized carbons (Fsp3) is 0.400. The van der Waals surface area contributed by atoms with Crippen molar-refractivity contribution in [2.75, 3.05) is 27.9 Å². The summed E-state index contributed by atoms with van der Waals surface area (Å²) in [5.41, 5.74) is 0.859. The molecule has 1 N–H and O–H groups in total. The van der Waals surface area contributed by atoms with Gasteiger partial charge in [0.1, 0.15) is 0 Å². The molecule has 0 aromatic heterocycles. The van der Waals surface area contributed by atoms with E-state index in [1.165, 1.54) is 6.08 Å². The van der Waals surface area contributed by atoms with Crippen LogP contribution in [0.4, 0.5) is 0 Å². The summed E-state index contributed by atoms with van der Waals surface area (Å²) in [6.45, 7) is 2.36. The number of carbonyl (C=O) groups excluding carboxylic acids is 1. The number of hydrogen-bond acceptors (Lipinski definition) is 4. The number of hydrogen-bond donors (Lipinski definition) is 1. The summed E-state index contributed by atoms with van der Waals surface area (Å²) in [5.74, 6) is 1.12. The monoisotopic (exact) mass is 279 g/mol. The van der Waals surface area contributed by atoms with Crippen molar-refractivity contribution in [3.63, 3.8) is 0 Å². The minimum atomic E-state index is -0.163. The van der Waals surface area contributed by atoms with Crippen molar-refractivity contribution in [1.82, 2.24) is 5.32 Å². The topological polar surface area (TPSA) is 56.8 Å². The van der Waals surface area contributed by atoms with Gasteiger partial charge in [-0.25, -0.2) is 0 Å². The van der Waals surface area contributed by atoms with Gasteiger partial charge in [0, 0.05) is 19.2 Å². The predicted molar refractivity (Wildman–Crippen MR) is 78.1 cm³/mol. The second-order valence-corrected chi connectivity index (χ2v) is 4.31. The number of amides is 1. The molecule has 20 heavy (non-hydrogen) atoms. The van der Waals surface area contributed by atoms with Crippen molar-refractivity contribution >= 4 is 12.0 Å². The molecule has 0 unspecified atom stereocenters. The Labute approximate surface area is 119 Å². The second kappa shape index (κ2) is 8.22. The van der Waals surface area contributed by atoms with Crippen LogP contribution in [-0.2, 0) is 9.53 Å². The third kappa shape index (κ3) is 4.93. The van der Waals surface area contributed by atoms with Gasteiger partial charge < -0.3 is 19.5 Å². The van der Waals surface area contributed by atoms with E-state index in [4.69, 9.17) is 14.2 Å². The van der Waals surface area contributed by atoms with Gasteiger partial charge in [0.2, 0.25) is 5.91 Å². The highest BCUT2D eigenvalue weighted by molar-refractivity contribution is 5.92. The van der Waals surface area contributed by atoms with Crippen molar-refractivity contribution in [2.45, 2.75) is 13.0 Å². The van der Waals surface area contributed by atoms with E-state index in [-0.39, 0.29) is 11.9 Å². The fourth-order valence-corrected chi connectivity index (χ4v) is 1.71. The molecular formula is C15H21NO4. The molecule has 1 rings (SSSR count). The Morgan fingerprint density at radius 2 is 1.95 bits per heavy atom. The molecule has 1 aromatic rings. The van der Waals surface area contributed by atoms with Gasteiger partial charge in [0.25, 0.3) is 0 Å². The van der Waals surface area contributed by atoms with E-state index in [2.05, 4.69) is 5.32 Å². The maximum atomic E-state index is 11.7. The van der Waals surface area contributed by atoms with Crippen molar-refractivity contribution in [2.24, 2.45) is 0 Å². The summed E-state index contributed by atoms with van der Waals surface area (Å²) < 4.78 is 15.3. The molecule has 0 spiro atoms. The van der Waals surface area contributed by atoms with Gasteiger partial charge in [-0.2, -0.15) is 0 Å². The Kier molecular flexibility index (Phi) is 6.59. The van der Waals surface area contributed by atoms with Crippen LogP contribution in [0.1, 0.15) is 12.5 Å². The molecule has 0 heterocycles. The van der Waals surface area contributed by atoms with Crippen LogP contribution in [0.5, 0.6) is 11.5 Å². The Hall–Kier alpha value is -2.01. The molecular weight excluding hydrogens is 258 g/mol. The van der Waals surface area contributed by atoms with Gasteiger partial charge in [-0.15, -0.1) is 0 Å². The van der Waals surface area contributed by atoms with E-state index in [0.29, 0.717) is 18.1 Å². The summed E-state index contributed by atoms with van der Waals surface area (Å²) in [6, 6.07) is 5.43. The molecule has 0 fully saturated rings. The first kappa shape index (κ1) is 16.0. The van der Waals surface area contributed by atoms with E-state index in [1.807, 2.05) is 13.0 Å². The SMILES string of the molecule is COC[C@H](C)NC(=O)/C=C/c1ccc(OC)c(OC)c1. The number of rotatable bonds is 7. The molecule has 5 heteroatoms. The van der Waals surface area contributed by atoms with Crippen LogP contribution in [0.15, 0.2) is 24.3 Å². The third-order valence-electron chi connectivity index (χ3n) is 2.64. The third-order valence-corrected chi connectivity index (χ3v) is 2.64. The van der Waals surface area contributed by atoms with E-state index in [1.54, 1.807) is 39.5 Å². The van der Waals surface area contributed by atoms with Gasteiger partial charge in [-0.1, -0.05) is 6.07 Å². The summed E-state index contributed by atoms with van der Waals surface area (Å²) in [5, 5.41) is 2.80. The fourth-order valence-electron chi connectivity index (χ4n) is 1.71. The lowest BCUT2D eigenvalue weighted by Gasteiger charge is -2.10. The number of benzene rings is 1. The first-order chi connectivity index (χ1) is 9.60. The molecule has 0 aliphatic rings. The second-order valence-electron chi connectivity index (χ2n) is 4.31. The first-order valence-corrected chi connectivity index (χ1v) is 6.30. The van der Waals surface area contributed by atoms with Crippen LogP contribution in [0.3, 0.4) is 0 Å². The largest absolute Gasteiger partial charge is 0.493 e. The number of nitrogens with one attached hydrogen (secondary N) is 1. The predicted octanol–water partition coefficient (Wildman–Crippen LogP) is 1.87. The molecule has 110 valence electrons. The zero-order valence-electron chi connectivity index (χ0n) is 12.3. The molecule has 0 saturated heterocycles. The van der Waals surface area contributed by atoms with Gasteiger partial charge in [-0.3, -0.25) is 4.79 Å². The lowest BCUT2D eigenvalue weighted by Crippen LogP contribution is -2.34. The van der Waals surface area contributed by atoms with Gasteiger partial charge in [0.15, 0.2) is 11.5 Å². The van der Waals surface area contributed by atoms with Gasteiger partial charge in [0.05, 0.1) is 20.8 Å². The lowest BCUT2D eigenvalue weighted by molar-refractivity contribution is -0.117. The van der Waals surface area contributed by atoms with Crippen molar-refractivity contribution in [1.29, 1.82) is 0 Å². The van der Waals surface area contributed by atoms with E-state index >= 15 is 0 Å². The van der Waals surface area contributed by atoms with Gasteiger partial charge in [-0.05, 0) is 30.7 Å². The van der Waals surface area contributed by atoms with Gasteiger partial charge >= 0.3 is 0 Å². The number of carbonyl (C=O) groups is 1.